The first-order valence-corrected chi connectivity index (χ1v) is 5.25. The lowest BCUT2D eigenvalue weighted by Gasteiger charge is -2.01. The topological polar surface area (TPSA) is 52.0 Å². The summed E-state index contributed by atoms with van der Waals surface area (Å²) in [6.07, 6.45) is -2.00. The molecule has 0 amide bonds. The van der Waals surface area contributed by atoms with Crippen LogP contribution in [0.5, 0.6) is 0 Å². The van der Waals surface area contributed by atoms with Gasteiger partial charge in [-0.2, -0.15) is 0 Å². The molecule has 17 heavy (non-hydrogen) atoms. The van der Waals surface area contributed by atoms with E-state index < -0.39 is 6.43 Å². The molecule has 0 radical (unpaired) electrons. The smallest absolute Gasteiger partial charge is 0.239 e. The van der Waals surface area contributed by atoms with Gasteiger partial charge in [-0.25, -0.2) is 8.78 Å². The zero-order valence-corrected chi connectivity index (χ0v) is 9.07. The standard InChI is InChI=1S/C12H12F2N2O/c13-11(14)6-3-8-1-4-9(5-2-8)10-7-12(15)17-16-10/h1-2,4-5,7,11H,3,6,15H2. The second-order valence-electron chi connectivity index (χ2n) is 3.74. The van der Waals surface area contributed by atoms with E-state index in [0.29, 0.717) is 12.1 Å². The Hall–Kier alpha value is -1.91. The van der Waals surface area contributed by atoms with Crippen molar-refractivity contribution in [1.29, 1.82) is 0 Å². The molecule has 0 aliphatic heterocycles. The molecular weight excluding hydrogens is 226 g/mol. The van der Waals surface area contributed by atoms with Crippen LogP contribution in [0.15, 0.2) is 34.9 Å². The quantitative estimate of drug-likeness (QED) is 0.890. The fraction of sp³-hybridized carbons (Fsp3) is 0.250. The lowest BCUT2D eigenvalue weighted by atomic mass is 10.1. The number of alkyl halides is 2. The van der Waals surface area contributed by atoms with Crippen molar-refractivity contribution < 1.29 is 13.3 Å². The van der Waals surface area contributed by atoms with Crippen LogP contribution in [-0.4, -0.2) is 11.6 Å². The number of nitrogen functional groups attached to an aromatic ring is 1. The minimum absolute atomic E-state index is 0.115. The molecule has 0 spiro atoms. The van der Waals surface area contributed by atoms with Crippen LogP contribution >= 0.6 is 0 Å². The predicted octanol–water partition coefficient (Wildman–Crippen LogP) is 3.12. The molecule has 0 aliphatic rings. The maximum atomic E-state index is 12.0. The predicted molar refractivity (Wildman–Crippen MR) is 60.7 cm³/mol. The number of nitrogens with zero attached hydrogens (tertiary/aromatic N) is 1. The zero-order chi connectivity index (χ0) is 12.3. The highest BCUT2D eigenvalue weighted by Crippen LogP contribution is 2.21. The monoisotopic (exact) mass is 238 g/mol. The number of halogens is 2. The van der Waals surface area contributed by atoms with Crippen LogP contribution in [0.25, 0.3) is 11.3 Å². The van der Waals surface area contributed by atoms with Gasteiger partial charge in [0.15, 0.2) is 0 Å². The molecule has 2 aromatic rings. The van der Waals surface area contributed by atoms with Gasteiger partial charge < -0.3 is 10.3 Å². The number of nitrogens with two attached hydrogens (primary N) is 1. The van der Waals surface area contributed by atoms with Gasteiger partial charge in [0.1, 0.15) is 5.69 Å². The molecule has 1 aromatic carbocycles. The molecule has 0 fully saturated rings. The van der Waals surface area contributed by atoms with Gasteiger partial charge in [-0.3, -0.25) is 0 Å². The van der Waals surface area contributed by atoms with E-state index in [2.05, 4.69) is 5.16 Å². The molecule has 2 N–H and O–H groups in total. The van der Waals surface area contributed by atoms with E-state index in [1.807, 2.05) is 24.3 Å². The molecule has 0 saturated heterocycles. The zero-order valence-electron chi connectivity index (χ0n) is 9.07. The summed E-state index contributed by atoms with van der Waals surface area (Å²) in [5.41, 5.74) is 7.79. The van der Waals surface area contributed by atoms with E-state index in [-0.39, 0.29) is 12.3 Å². The summed E-state index contributed by atoms with van der Waals surface area (Å²) in [6.45, 7) is 0. The van der Waals surface area contributed by atoms with Gasteiger partial charge in [-0.1, -0.05) is 29.4 Å². The Balaban J connectivity index is 2.07. The number of anilines is 1. The maximum absolute atomic E-state index is 12.0. The number of benzene rings is 1. The lowest BCUT2D eigenvalue weighted by molar-refractivity contribution is 0.138. The summed E-state index contributed by atoms with van der Waals surface area (Å²) >= 11 is 0. The average Bonchev–Trinajstić information content (AvgIpc) is 2.74. The summed E-state index contributed by atoms with van der Waals surface area (Å²) in [5.74, 6) is 0.252. The van der Waals surface area contributed by atoms with Crippen LogP contribution < -0.4 is 5.73 Å². The Kier molecular flexibility index (Phi) is 3.37. The minimum atomic E-state index is -2.26. The normalized spacial score (nSPS) is 11.0. The van der Waals surface area contributed by atoms with Crippen LogP contribution in [0.3, 0.4) is 0 Å². The summed E-state index contributed by atoms with van der Waals surface area (Å²) in [6, 6.07) is 8.87. The van der Waals surface area contributed by atoms with Gasteiger partial charge in [-0.05, 0) is 12.0 Å². The van der Waals surface area contributed by atoms with Crippen molar-refractivity contribution in [3.05, 3.63) is 35.9 Å². The third kappa shape index (κ3) is 3.03. The summed E-state index contributed by atoms with van der Waals surface area (Å²) in [4.78, 5) is 0. The summed E-state index contributed by atoms with van der Waals surface area (Å²) < 4.78 is 28.8. The Labute approximate surface area is 97.2 Å². The SMILES string of the molecule is Nc1cc(-c2ccc(CCC(F)F)cc2)no1. The fourth-order valence-electron chi connectivity index (χ4n) is 1.54. The van der Waals surface area contributed by atoms with E-state index in [0.717, 1.165) is 11.1 Å². The number of hydrogen-bond acceptors (Lipinski definition) is 3. The van der Waals surface area contributed by atoms with Gasteiger partial charge in [0, 0.05) is 18.1 Å². The van der Waals surface area contributed by atoms with Crippen molar-refractivity contribution in [3.8, 4) is 11.3 Å². The summed E-state index contributed by atoms with van der Waals surface area (Å²) in [5, 5.41) is 3.77. The Bertz CT molecular complexity index is 480. The number of hydrogen-bond donors (Lipinski definition) is 1. The maximum Gasteiger partial charge on any atom is 0.239 e. The van der Waals surface area contributed by atoms with Crippen LogP contribution in [0, 0.1) is 0 Å². The highest BCUT2D eigenvalue weighted by atomic mass is 19.3. The van der Waals surface area contributed by atoms with Crippen LogP contribution in [0.4, 0.5) is 14.7 Å². The first-order chi connectivity index (χ1) is 8.15. The van der Waals surface area contributed by atoms with Crippen molar-refractivity contribution in [2.24, 2.45) is 0 Å². The molecule has 5 heteroatoms. The van der Waals surface area contributed by atoms with Gasteiger partial charge in [-0.15, -0.1) is 0 Å². The van der Waals surface area contributed by atoms with E-state index in [9.17, 15) is 8.78 Å². The number of aryl methyl sites for hydroxylation is 1. The molecule has 0 aliphatic carbocycles. The largest absolute Gasteiger partial charge is 0.368 e. The second kappa shape index (κ2) is 4.95. The van der Waals surface area contributed by atoms with Crippen molar-refractivity contribution in [1.82, 2.24) is 5.16 Å². The molecule has 1 heterocycles. The Morgan fingerprint density at radius 2 is 1.94 bits per heavy atom. The molecule has 0 bridgehead atoms. The molecule has 0 unspecified atom stereocenters. The number of rotatable bonds is 4. The van der Waals surface area contributed by atoms with Gasteiger partial charge in [0.2, 0.25) is 12.3 Å². The van der Waals surface area contributed by atoms with Crippen molar-refractivity contribution in [3.63, 3.8) is 0 Å². The third-order valence-electron chi connectivity index (χ3n) is 2.43. The second-order valence-corrected chi connectivity index (χ2v) is 3.74. The lowest BCUT2D eigenvalue weighted by Crippen LogP contribution is -1.94. The van der Waals surface area contributed by atoms with Gasteiger partial charge in [0.25, 0.3) is 0 Å². The first-order valence-electron chi connectivity index (χ1n) is 5.25. The molecule has 0 atom stereocenters. The van der Waals surface area contributed by atoms with Crippen molar-refractivity contribution in [2.75, 3.05) is 5.73 Å². The highest BCUT2D eigenvalue weighted by Gasteiger charge is 2.06. The van der Waals surface area contributed by atoms with Crippen LogP contribution in [0.1, 0.15) is 12.0 Å². The minimum Gasteiger partial charge on any atom is -0.368 e. The molecular formula is C12H12F2N2O. The van der Waals surface area contributed by atoms with Gasteiger partial charge >= 0.3 is 0 Å². The average molecular weight is 238 g/mol. The van der Waals surface area contributed by atoms with E-state index in [1.165, 1.54) is 0 Å². The van der Waals surface area contributed by atoms with E-state index >= 15 is 0 Å². The molecule has 1 aromatic heterocycles. The fourth-order valence-corrected chi connectivity index (χ4v) is 1.54. The third-order valence-corrected chi connectivity index (χ3v) is 2.43. The van der Waals surface area contributed by atoms with E-state index in [4.69, 9.17) is 10.3 Å². The van der Waals surface area contributed by atoms with Crippen LogP contribution in [0.2, 0.25) is 0 Å². The summed E-state index contributed by atoms with van der Waals surface area (Å²) in [7, 11) is 0. The van der Waals surface area contributed by atoms with Crippen LogP contribution in [-0.2, 0) is 6.42 Å². The molecule has 0 saturated carbocycles. The molecule has 2 rings (SSSR count). The van der Waals surface area contributed by atoms with E-state index in [1.54, 1.807) is 6.07 Å². The van der Waals surface area contributed by atoms with Crippen molar-refractivity contribution >= 4 is 5.88 Å². The molecule has 90 valence electrons. The van der Waals surface area contributed by atoms with Gasteiger partial charge in [0.05, 0.1) is 0 Å². The Morgan fingerprint density at radius 1 is 1.24 bits per heavy atom. The first kappa shape index (κ1) is 11.6. The molecule has 3 nitrogen and oxygen atoms in total. The Morgan fingerprint density at radius 3 is 2.47 bits per heavy atom. The highest BCUT2D eigenvalue weighted by molar-refractivity contribution is 5.61. The van der Waals surface area contributed by atoms with Crippen molar-refractivity contribution in [2.45, 2.75) is 19.3 Å². The number of aromatic nitrogens is 1.